The van der Waals surface area contributed by atoms with Crippen LogP contribution in [0.2, 0.25) is 0 Å². The molecular weight excluding hydrogens is 180 g/mol. The number of phenolic OH excluding ortho intramolecular Hbond substituents is 2. The molecule has 0 atom stereocenters. The van der Waals surface area contributed by atoms with Crippen molar-refractivity contribution in [3.05, 3.63) is 30.3 Å². The summed E-state index contributed by atoms with van der Waals surface area (Å²) >= 11 is 0. The zero-order chi connectivity index (χ0) is 10.1. The number of fused-ring (bicyclic) bond motifs is 1. The van der Waals surface area contributed by atoms with Crippen molar-refractivity contribution in [1.29, 1.82) is 0 Å². The van der Waals surface area contributed by atoms with E-state index in [1.54, 1.807) is 18.2 Å². The summed E-state index contributed by atoms with van der Waals surface area (Å²) < 4.78 is 4.92. The van der Waals surface area contributed by atoms with Crippen molar-refractivity contribution in [2.45, 2.75) is 0 Å². The predicted molar refractivity (Wildman–Crippen MR) is 53.8 cm³/mol. The van der Waals surface area contributed by atoms with E-state index in [0.29, 0.717) is 5.39 Å². The Balaban J connectivity index is 2.85. The van der Waals surface area contributed by atoms with E-state index in [9.17, 15) is 10.2 Å². The molecule has 2 N–H and O–H groups in total. The Kier molecular flexibility index (Phi) is 1.93. The summed E-state index contributed by atoms with van der Waals surface area (Å²) in [7, 11) is 1.45. The molecular formula is C11H10O3. The molecule has 2 rings (SSSR count). The summed E-state index contributed by atoms with van der Waals surface area (Å²) in [6.07, 6.45) is 0. The zero-order valence-corrected chi connectivity index (χ0v) is 7.69. The molecule has 72 valence electrons. The molecule has 0 aromatic heterocycles. The molecule has 0 bridgehead atoms. The summed E-state index contributed by atoms with van der Waals surface area (Å²) in [5.74, 6) is -0.0765. The largest absolute Gasteiger partial charge is 0.504 e. The first-order valence-electron chi connectivity index (χ1n) is 4.21. The van der Waals surface area contributed by atoms with Gasteiger partial charge in [0.25, 0.3) is 0 Å². The van der Waals surface area contributed by atoms with Crippen molar-refractivity contribution >= 4 is 10.8 Å². The third-order valence-electron chi connectivity index (χ3n) is 2.18. The zero-order valence-electron chi connectivity index (χ0n) is 7.69. The normalized spacial score (nSPS) is 10.4. The molecule has 0 amide bonds. The molecule has 3 nitrogen and oxygen atoms in total. The van der Waals surface area contributed by atoms with E-state index in [1.807, 2.05) is 12.1 Å². The molecule has 0 unspecified atom stereocenters. The van der Waals surface area contributed by atoms with Gasteiger partial charge in [0.05, 0.1) is 7.11 Å². The first-order valence-corrected chi connectivity index (χ1v) is 4.21. The molecule has 0 saturated carbocycles. The summed E-state index contributed by atoms with van der Waals surface area (Å²) in [5, 5.41) is 20.6. The van der Waals surface area contributed by atoms with Crippen molar-refractivity contribution in [2.75, 3.05) is 7.11 Å². The van der Waals surface area contributed by atoms with Gasteiger partial charge in [-0.15, -0.1) is 0 Å². The van der Waals surface area contributed by atoms with E-state index in [1.165, 1.54) is 7.11 Å². The lowest BCUT2D eigenvalue weighted by molar-refractivity contribution is 0.353. The van der Waals surface area contributed by atoms with Crippen LogP contribution in [0, 0.1) is 0 Å². The fraction of sp³-hybridized carbons (Fsp3) is 0.0909. The molecule has 2 aromatic rings. The average molecular weight is 190 g/mol. The molecule has 0 saturated heterocycles. The van der Waals surface area contributed by atoms with Gasteiger partial charge in [0.2, 0.25) is 5.75 Å². The summed E-state index contributed by atoms with van der Waals surface area (Å²) in [6, 6.07) is 8.93. The van der Waals surface area contributed by atoms with E-state index in [4.69, 9.17) is 4.74 Å². The minimum Gasteiger partial charge on any atom is -0.504 e. The van der Waals surface area contributed by atoms with Crippen LogP contribution in [-0.2, 0) is 0 Å². The van der Waals surface area contributed by atoms with Crippen LogP contribution < -0.4 is 4.74 Å². The highest BCUT2D eigenvalue weighted by Gasteiger charge is 2.11. The van der Waals surface area contributed by atoms with Crippen molar-refractivity contribution in [3.8, 4) is 17.2 Å². The SMILES string of the molecule is COc1cc2ccccc2c(O)c1O. The molecule has 0 fully saturated rings. The lowest BCUT2D eigenvalue weighted by Crippen LogP contribution is -1.85. The fourth-order valence-electron chi connectivity index (χ4n) is 1.45. The van der Waals surface area contributed by atoms with Crippen LogP contribution in [0.3, 0.4) is 0 Å². The van der Waals surface area contributed by atoms with Gasteiger partial charge in [-0.25, -0.2) is 0 Å². The Hall–Kier alpha value is -1.90. The highest BCUT2D eigenvalue weighted by atomic mass is 16.5. The van der Waals surface area contributed by atoms with Crippen LogP contribution in [0.4, 0.5) is 0 Å². The van der Waals surface area contributed by atoms with Crippen LogP contribution in [0.1, 0.15) is 0 Å². The number of hydrogen-bond acceptors (Lipinski definition) is 3. The van der Waals surface area contributed by atoms with E-state index in [0.717, 1.165) is 5.39 Å². The molecule has 0 aliphatic heterocycles. The second-order valence-corrected chi connectivity index (χ2v) is 3.00. The summed E-state index contributed by atoms with van der Waals surface area (Å²) in [4.78, 5) is 0. The van der Waals surface area contributed by atoms with Crippen molar-refractivity contribution in [2.24, 2.45) is 0 Å². The number of aromatic hydroxyl groups is 2. The molecule has 0 spiro atoms. The first-order chi connectivity index (χ1) is 6.74. The predicted octanol–water partition coefficient (Wildman–Crippen LogP) is 2.26. The van der Waals surface area contributed by atoms with Gasteiger partial charge in [-0.1, -0.05) is 24.3 Å². The lowest BCUT2D eigenvalue weighted by atomic mass is 10.1. The first kappa shape index (κ1) is 8.69. The lowest BCUT2D eigenvalue weighted by Gasteiger charge is -2.07. The topological polar surface area (TPSA) is 49.7 Å². The molecule has 3 heteroatoms. The Morgan fingerprint density at radius 3 is 2.50 bits per heavy atom. The number of phenols is 2. The van der Waals surface area contributed by atoms with E-state index < -0.39 is 0 Å². The van der Waals surface area contributed by atoms with Gasteiger partial charge in [-0.3, -0.25) is 0 Å². The average Bonchev–Trinajstić information content (AvgIpc) is 2.23. The van der Waals surface area contributed by atoms with Crippen LogP contribution in [-0.4, -0.2) is 17.3 Å². The standard InChI is InChI=1S/C11H10O3/c1-14-9-6-7-4-2-3-5-8(7)10(12)11(9)13/h2-6,12-13H,1H3. The minimum atomic E-state index is -0.216. The second-order valence-electron chi connectivity index (χ2n) is 3.00. The minimum absolute atomic E-state index is 0.139. The highest BCUT2D eigenvalue weighted by molar-refractivity contribution is 5.92. The van der Waals surface area contributed by atoms with Gasteiger partial charge in [0, 0.05) is 5.39 Å². The van der Waals surface area contributed by atoms with Gasteiger partial charge in [0.15, 0.2) is 11.5 Å². The van der Waals surface area contributed by atoms with Crippen LogP contribution in [0.15, 0.2) is 30.3 Å². The number of rotatable bonds is 1. The Bertz CT molecular complexity index is 477. The maximum absolute atomic E-state index is 9.64. The number of ether oxygens (including phenoxy) is 1. The second kappa shape index (κ2) is 3.10. The van der Waals surface area contributed by atoms with E-state index in [-0.39, 0.29) is 17.2 Å². The Labute approximate surface area is 81.2 Å². The van der Waals surface area contributed by atoms with Crippen LogP contribution in [0.5, 0.6) is 17.2 Å². The molecule has 0 aliphatic carbocycles. The molecule has 2 aromatic carbocycles. The number of hydrogen-bond donors (Lipinski definition) is 2. The van der Waals surface area contributed by atoms with Crippen molar-refractivity contribution < 1.29 is 14.9 Å². The van der Waals surface area contributed by atoms with Gasteiger partial charge in [-0.05, 0) is 11.5 Å². The maximum atomic E-state index is 9.64. The summed E-state index contributed by atoms with van der Waals surface area (Å²) in [6.45, 7) is 0. The Morgan fingerprint density at radius 2 is 1.79 bits per heavy atom. The van der Waals surface area contributed by atoms with Gasteiger partial charge in [-0.2, -0.15) is 0 Å². The number of benzene rings is 2. The Morgan fingerprint density at radius 1 is 1.07 bits per heavy atom. The van der Waals surface area contributed by atoms with Crippen LogP contribution in [0.25, 0.3) is 10.8 Å². The van der Waals surface area contributed by atoms with Crippen molar-refractivity contribution in [3.63, 3.8) is 0 Å². The molecule has 0 radical (unpaired) electrons. The summed E-state index contributed by atoms with van der Waals surface area (Å²) in [5.41, 5.74) is 0. The highest BCUT2D eigenvalue weighted by Crippen LogP contribution is 2.41. The van der Waals surface area contributed by atoms with Crippen molar-refractivity contribution in [1.82, 2.24) is 0 Å². The fourth-order valence-corrected chi connectivity index (χ4v) is 1.45. The smallest absolute Gasteiger partial charge is 0.201 e. The maximum Gasteiger partial charge on any atom is 0.201 e. The van der Waals surface area contributed by atoms with Crippen LogP contribution >= 0.6 is 0 Å². The number of methoxy groups -OCH3 is 1. The molecule has 0 aliphatic rings. The third-order valence-corrected chi connectivity index (χ3v) is 2.18. The molecule has 0 heterocycles. The third kappa shape index (κ3) is 1.14. The van der Waals surface area contributed by atoms with Gasteiger partial charge < -0.3 is 14.9 Å². The van der Waals surface area contributed by atoms with Gasteiger partial charge in [0.1, 0.15) is 0 Å². The molecule has 14 heavy (non-hydrogen) atoms. The van der Waals surface area contributed by atoms with E-state index >= 15 is 0 Å². The van der Waals surface area contributed by atoms with E-state index in [2.05, 4.69) is 0 Å². The van der Waals surface area contributed by atoms with Gasteiger partial charge >= 0.3 is 0 Å². The monoisotopic (exact) mass is 190 g/mol. The quantitative estimate of drug-likeness (QED) is 0.678.